The first-order valence-corrected chi connectivity index (χ1v) is 7.10. The fourth-order valence-electron chi connectivity index (χ4n) is 2.09. The molecule has 0 aliphatic heterocycles. The van der Waals surface area contributed by atoms with Gasteiger partial charge in [0.15, 0.2) is 11.3 Å². The Hall–Kier alpha value is -3.15. The maximum atomic E-state index is 5.73. The van der Waals surface area contributed by atoms with E-state index in [4.69, 9.17) is 9.47 Å². The minimum Gasteiger partial charge on any atom is -0.489 e. The average Bonchev–Trinajstić information content (AvgIpc) is 3.02. The van der Waals surface area contributed by atoms with Crippen LogP contribution in [0.5, 0.6) is 11.5 Å². The van der Waals surface area contributed by atoms with Crippen molar-refractivity contribution in [3.8, 4) is 22.9 Å². The summed E-state index contributed by atoms with van der Waals surface area (Å²) < 4.78 is 11.3. The molecule has 0 aliphatic carbocycles. The van der Waals surface area contributed by atoms with E-state index in [1.54, 1.807) is 24.5 Å². The molecule has 0 saturated carbocycles. The summed E-state index contributed by atoms with van der Waals surface area (Å²) in [5.74, 6) is 1.98. The lowest BCUT2D eigenvalue weighted by Crippen LogP contribution is -1.98. The molecule has 0 amide bonds. The number of hydrogen-bond acceptors (Lipinski definition) is 5. The molecule has 3 rings (SSSR count). The summed E-state index contributed by atoms with van der Waals surface area (Å²) in [4.78, 5) is 16.0. The third kappa shape index (κ3) is 3.21. The van der Waals surface area contributed by atoms with Crippen LogP contribution in [0, 0.1) is 0 Å². The number of imidazole rings is 1. The van der Waals surface area contributed by atoms with Crippen molar-refractivity contribution in [3.63, 3.8) is 0 Å². The number of fused-ring (bicyclic) bond motifs is 1. The van der Waals surface area contributed by atoms with Crippen molar-refractivity contribution in [2.45, 2.75) is 0 Å². The molecule has 0 aliphatic rings. The Morgan fingerprint density at radius 1 is 1.04 bits per heavy atom. The summed E-state index contributed by atoms with van der Waals surface area (Å²) in [6, 6.07) is 5.55. The molecule has 0 atom stereocenters. The van der Waals surface area contributed by atoms with Crippen molar-refractivity contribution in [1.29, 1.82) is 0 Å². The zero-order valence-corrected chi connectivity index (χ0v) is 12.5. The molecule has 2 aromatic heterocycles. The number of nitrogens with one attached hydrogen (secondary N) is 1. The van der Waals surface area contributed by atoms with E-state index in [1.165, 1.54) is 0 Å². The standard InChI is InChI=1S/C17H16N4O2/c1-3-9-22-12-5-6-13(14(11-12)23-10-4-2)15-20-16-17(21-15)19-8-7-18-16/h3-8,11H,1-2,9-10H2,(H,18,19,20,21). The van der Waals surface area contributed by atoms with Gasteiger partial charge in [0, 0.05) is 18.5 Å². The average molecular weight is 308 g/mol. The molecule has 23 heavy (non-hydrogen) atoms. The SMILES string of the molecule is C=CCOc1ccc(-c2nc3nccnc3[nH]2)c(OCC=C)c1. The van der Waals surface area contributed by atoms with Crippen LogP contribution in [0.4, 0.5) is 0 Å². The molecule has 116 valence electrons. The second-order valence-corrected chi connectivity index (χ2v) is 4.67. The van der Waals surface area contributed by atoms with E-state index in [0.29, 0.717) is 41.8 Å². The molecule has 0 bridgehead atoms. The van der Waals surface area contributed by atoms with E-state index in [0.717, 1.165) is 5.56 Å². The number of hydrogen-bond donors (Lipinski definition) is 1. The lowest BCUT2D eigenvalue weighted by molar-refractivity contribution is 0.346. The lowest BCUT2D eigenvalue weighted by atomic mass is 10.2. The van der Waals surface area contributed by atoms with Crippen LogP contribution in [0.15, 0.2) is 55.9 Å². The number of aromatic nitrogens is 4. The second kappa shape index (κ2) is 6.74. The van der Waals surface area contributed by atoms with Gasteiger partial charge in [0.2, 0.25) is 0 Å². The van der Waals surface area contributed by atoms with Crippen molar-refractivity contribution in [3.05, 3.63) is 55.9 Å². The minimum atomic E-state index is 0.384. The second-order valence-electron chi connectivity index (χ2n) is 4.67. The summed E-state index contributed by atoms with van der Waals surface area (Å²) in [6.07, 6.45) is 6.59. The maximum absolute atomic E-state index is 5.73. The fraction of sp³-hybridized carbons (Fsp3) is 0.118. The van der Waals surface area contributed by atoms with Crippen LogP contribution in [-0.2, 0) is 0 Å². The van der Waals surface area contributed by atoms with Crippen molar-refractivity contribution < 1.29 is 9.47 Å². The van der Waals surface area contributed by atoms with Crippen molar-refractivity contribution in [2.75, 3.05) is 13.2 Å². The monoisotopic (exact) mass is 308 g/mol. The summed E-state index contributed by atoms with van der Waals surface area (Å²) >= 11 is 0. The molecule has 0 unspecified atom stereocenters. The van der Waals surface area contributed by atoms with Gasteiger partial charge in [-0.15, -0.1) is 0 Å². The van der Waals surface area contributed by atoms with Crippen LogP contribution < -0.4 is 9.47 Å². The molecule has 0 saturated heterocycles. The van der Waals surface area contributed by atoms with Gasteiger partial charge in [0.25, 0.3) is 0 Å². The highest BCUT2D eigenvalue weighted by molar-refractivity contribution is 5.75. The van der Waals surface area contributed by atoms with Crippen molar-refractivity contribution in [2.24, 2.45) is 0 Å². The van der Waals surface area contributed by atoms with Crippen LogP contribution in [0.1, 0.15) is 0 Å². The number of aromatic amines is 1. The van der Waals surface area contributed by atoms with Gasteiger partial charge in [-0.2, -0.15) is 0 Å². The van der Waals surface area contributed by atoms with E-state index < -0.39 is 0 Å². The zero-order chi connectivity index (χ0) is 16.1. The van der Waals surface area contributed by atoms with E-state index in [1.807, 2.05) is 18.2 Å². The van der Waals surface area contributed by atoms with E-state index in [-0.39, 0.29) is 0 Å². The molecule has 0 radical (unpaired) electrons. The van der Waals surface area contributed by atoms with Crippen LogP contribution in [0.25, 0.3) is 22.7 Å². The molecule has 2 heterocycles. The predicted octanol–water partition coefficient (Wildman–Crippen LogP) is 3.15. The third-order valence-corrected chi connectivity index (χ3v) is 3.07. The van der Waals surface area contributed by atoms with Gasteiger partial charge in [-0.1, -0.05) is 25.3 Å². The first-order chi connectivity index (χ1) is 11.3. The minimum absolute atomic E-state index is 0.384. The molecular weight excluding hydrogens is 292 g/mol. The number of nitrogens with zero attached hydrogens (tertiary/aromatic N) is 3. The Morgan fingerprint density at radius 3 is 2.61 bits per heavy atom. The highest BCUT2D eigenvalue weighted by Gasteiger charge is 2.13. The molecular formula is C17H16N4O2. The van der Waals surface area contributed by atoms with Gasteiger partial charge < -0.3 is 14.5 Å². The lowest BCUT2D eigenvalue weighted by Gasteiger charge is -2.11. The number of benzene rings is 1. The Kier molecular flexibility index (Phi) is 4.33. The molecule has 3 aromatic rings. The molecule has 6 nitrogen and oxygen atoms in total. The van der Waals surface area contributed by atoms with Crippen LogP contribution in [0.2, 0.25) is 0 Å². The van der Waals surface area contributed by atoms with E-state index in [2.05, 4.69) is 33.1 Å². The maximum Gasteiger partial charge on any atom is 0.197 e. The van der Waals surface area contributed by atoms with Crippen molar-refractivity contribution >= 4 is 11.3 Å². The highest BCUT2D eigenvalue weighted by atomic mass is 16.5. The summed E-state index contributed by atoms with van der Waals surface area (Å²) in [6.45, 7) is 8.12. The molecule has 1 aromatic carbocycles. The van der Waals surface area contributed by atoms with Gasteiger partial charge >= 0.3 is 0 Å². The third-order valence-electron chi connectivity index (χ3n) is 3.07. The Morgan fingerprint density at radius 2 is 1.83 bits per heavy atom. The Bertz CT molecular complexity index is 808. The summed E-state index contributed by atoms with van der Waals surface area (Å²) in [7, 11) is 0. The zero-order valence-electron chi connectivity index (χ0n) is 12.5. The predicted molar refractivity (Wildman–Crippen MR) is 88.5 cm³/mol. The van der Waals surface area contributed by atoms with Gasteiger partial charge in [0.1, 0.15) is 30.5 Å². The molecule has 0 spiro atoms. The van der Waals surface area contributed by atoms with Gasteiger partial charge in [0.05, 0.1) is 5.56 Å². The van der Waals surface area contributed by atoms with E-state index in [9.17, 15) is 0 Å². The Balaban J connectivity index is 2.01. The van der Waals surface area contributed by atoms with Gasteiger partial charge in [-0.25, -0.2) is 15.0 Å². The topological polar surface area (TPSA) is 72.9 Å². The largest absolute Gasteiger partial charge is 0.489 e. The number of ether oxygens (including phenoxy) is 2. The number of H-pyrrole nitrogens is 1. The van der Waals surface area contributed by atoms with Gasteiger partial charge in [-0.05, 0) is 12.1 Å². The fourth-order valence-corrected chi connectivity index (χ4v) is 2.09. The molecule has 0 fully saturated rings. The molecule has 6 heteroatoms. The first kappa shape index (κ1) is 14.8. The quantitative estimate of drug-likeness (QED) is 0.679. The summed E-state index contributed by atoms with van der Waals surface area (Å²) in [5.41, 5.74) is 1.99. The normalized spacial score (nSPS) is 10.4. The van der Waals surface area contributed by atoms with Crippen molar-refractivity contribution in [1.82, 2.24) is 19.9 Å². The summed E-state index contributed by atoms with van der Waals surface area (Å²) in [5, 5.41) is 0. The van der Waals surface area contributed by atoms with E-state index >= 15 is 0 Å². The van der Waals surface area contributed by atoms with Crippen LogP contribution in [0.3, 0.4) is 0 Å². The highest BCUT2D eigenvalue weighted by Crippen LogP contribution is 2.32. The van der Waals surface area contributed by atoms with Gasteiger partial charge in [-0.3, -0.25) is 0 Å². The number of rotatable bonds is 7. The molecule has 1 N–H and O–H groups in total. The smallest absolute Gasteiger partial charge is 0.197 e. The van der Waals surface area contributed by atoms with Crippen LogP contribution in [-0.4, -0.2) is 33.1 Å². The first-order valence-electron chi connectivity index (χ1n) is 7.10. The Labute approximate surface area is 133 Å². The van der Waals surface area contributed by atoms with Crippen LogP contribution >= 0.6 is 0 Å².